The van der Waals surface area contributed by atoms with E-state index in [-0.39, 0.29) is 0 Å². The summed E-state index contributed by atoms with van der Waals surface area (Å²) in [4.78, 5) is 4.39. The third-order valence-corrected chi connectivity index (χ3v) is 4.72. The van der Waals surface area contributed by atoms with Crippen molar-refractivity contribution in [1.82, 2.24) is 4.98 Å². The van der Waals surface area contributed by atoms with E-state index in [0.29, 0.717) is 13.2 Å². The SMILES string of the molecule is NCc1nc(COc2ccc3ccccc3c2Br)cs1. The highest BCUT2D eigenvalue weighted by atomic mass is 79.9. The van der Waals surface area contributed by atoms with Crippen LogP contribution in [-0.4, -0.2) is 4.98 Å². The van der Waals surface area contributed by atoms with Crippen LogP contribution < -0.4 is 10.5 Å². The molecule has 102 valence electrons. The normalized spacial score (nSPS) is 10.9. The fourth-order valence-electron chi connectivity index (χ4n) is 1.99. The molecule has 0 spiro atoms. The van der Waals surface area contributed by atoms with Crippen LogP contribution in [-0.2, 0) is 13.2 Å². The Morgan fingerprint density at radius 3 is 2.85 bits per heavy atom. The smallest absolute Gasteiger partial charge is 0.134 e. The number of aromatic nitrogens is 1. The first kappa shape index (κ1) is 13.5. The standard InChI is InChI=1S/C15H13BrN2OS/c16-15-12-4-2-1-3-10(12)5-6-13(15)19-8-11-9-20-14(7-17)18-11/h1-6,9H,7-8,17H2. The van der Waals surface area contributed by atoms with Gasteiger partial charge in [0.05, 0.1) is 10.2 Å². The molecule has 20 heavy (non-hydrogen) atoms. The quantitative estimate of drug-likeness (QED) is 0.772. The number of ether oxygens (including phenoxy) is 1. The molecule has 1 heterocycles. The number of nitrogens with two attached hydrogens (primary N) is 1. The van der Waals surface area contributed by atoms with Gasteiger partial charge in [-0.05, 0) is 32.8 Å². The predicted molar refractivity (Wildman–Crippen MR) is 86.0 cm³/mol. The molecular formula is C15H13BrN2OS. The fraction of sp³-hybridized carbons (Fsp3) is 0.133. The van der Waals surface area contributed by atoms with Gasteiger partial charge in [0.25, 0.3) is 0 Å². The van der Waals surface area contributed by atoms with E-state index in [0.717, 1.165) is 26.3 Å². The van der Waals surface area contributed by atoms with Crippen LogP contribution in [0.25, 0.3) is 10.8 Å². The Labute approximate surface area is 129 Å². The minimum absolute atomic E-state index is 0.452. The van der Waals surface area contributed by atoms with Crippen molar-refractivity contribution in [3.05, 3.63) is 57.0 Å². The second kappa shape index (κ2) is 5.91. The molecule has 0 aliphatic heterocycles. The summed E-state index contributed by atoms with van der Waals surface area (Å²) in [7, 11) is 0. The van der Waals surface area contributed by atoms with Crippen molar-refractivity contribution < 1.29 is 4.74 Å². The molecule has 0 bridgehead atoms. The fourth-order valence-corrected chi connectivity index (χ4v) is 3.25. The Kier molecular flexibility index (Phi) is 4.00. The van der Waals surface area contributed by atoms with Crippen LogP contribution in [0.4, 0.5) is 0 Å². The molecule has 0 fully saturated rings. The number of halogens is 1. The van der Waals surface area contributed by atoms with E-state index >= 15 is 0 Å². The summed E-state index contributed by atoms with van der Waals surface area (Å²) in [5, 5.41) is 5.25. The lowest BCUT2D eigenvalue weighted by Gasteiger charge is -2.09. The van der Waals surface area contributed by atoms with E-state index < -0.39 is 0 Å². The van der Waals surface area contributed by atoms with Gasteiger partial charge in [0.1, 0.15) is 17.4 Å². The number of fused-ring (bicyclic) bond motifs is 1. The summed E-state index contributed by atoms with van der Waals surface area (Å²) >= 11 is 5.18. The number of nitrogens with zero attached hydrogens (tertiary/aromatic N) is 1. The zero-order valence-corrected chi connectivity index (χ0v) is 13.1. The van der Waals surface area contributed by atoms with Crippen molar-refractivity contribution in [1.29, 1.82) is 0 Å². The molecule has 1 aromatic heterocycles. The minimum Gasteiger partial charge on any atom is -0.486 e. The second-order valence-electron chi connectivity index (χ2n) is 4.32. The number of hydrogen-bond donors (Lipinski definition) is 1. The molecule has 2 N–H and O–H groups in total. The van der Waals surface area contributed by atoms with Crippen LogP contribution in [0.15, 0.2) is 46.3 Å². The molecule has 0 aliphatic rings. The van der Waals surface area contributed by atoms with Crippen LogP contribution in [0.2, 0.25) is 0 Å². The minimum atomic E-state index is 0.452. The molecule has 0 radical (unpaired) electrons. The monoisotopic (exact) mass is 348 g/mol. The van der Waals surface area contributed by atoms with Crippen LogP contribution in [0.3, 0.4) is 0 Å². The summed E-state index contributed by atoms with van der Waals surface area (Å²) in [5.41, 5.74) is 6.47. The maximum atomic E-state index is 5.85. The Balaban J connectivity index is 1.82. The van der Waals surface area contributed by atoms with Gasteiger partial charge in [-0.25, -0.2) is 4.98 Å². The molecule has 2 aromatic carbocycles. The van der Waals surface area contributed by atoms with Crippen LogP contribution in [0, 0.1) is 0 Å². The van der Waals surface area contributed by atoms with Gasteiger partial charge < -0.3 is 10.5 Å². The van der Waals surface area contributed by atoms with Gasteiger partial charge >= 0.3 is 0 Å². The molecular weight excluding hydrogens is 336 g/mol. The van der Waals surface area contributed by atoms with Gasteiger partial charge in [0.15, 0.2) is 0 Å². The van der Waals surface area contributed by atoms with Crippen LogP contribution >= 0.6 is 27.3 Å². The van der Waals surface area contributed by atoms with Gasteiger partial charge in [0, 0.05) is 11.9 Å². The van der Waals surface area contributed by atoms with E-state index in [4.69, 9.17) is 10.5 Å². The summed E-state index contributed by atoms with van der Waals surface area (Å²) in [6.07, 6.45) is 0. The highest BCUT2D eigenvalue weighted by molar-refractivity contribution is 9.10. The molecule has 3 aromatic rings. The number of hydrogen-bond acceptors (Lipinski definition) is 4. The number of rotatable bonds is 4. The van der Waals surface area contributed by atoms with E-state index in [1.807, 2.05) is 23.6 Å². The maximum absolute atomic E-state index is 5.85. The number of benzene rings is 2. The van der Waals surface area contributed by atoms with Gasteiger partial charge in [0.2, 0.25) is 0 Å². The Hall–Kier alpha value is -1.43. The van der Waals surface area contributed by atoms with E-state index in [1.54, 1.807) is 11.3 Å². The van der Waals surface area contributed by atoms with Crippen LogP contribution in [0.5, 0.6) is 5.75 Å². The van der Waals surface area contributed by atoms with Crippen molar-refractivity contribution in [2.24, 2.45) is 5.73 Å². The van der Waals surface area contributed by atoms with Crippen molar-refractivity contribution in [3.63, 3.8) is 0 Å². The molecule has 5 heteroatoms. The molecule has 3 rings (SSSR count). The van der Waals surface area contributed by atoms with E-state index in [9.17, 15) is 0 Å². The summed E-state index contributed by atoms with van der Waals surface area (Å²) in [5.74, 6) is 0.825. The zero-order valence-electron chi connectivity index (χ0n) is 10.7. The lowest BCUT2D eigenvalue weighted by Crippen LogP contribution is -1.99. The summed E-state index contributed by atoms with van der Waals surface area (Å²) in [6.45, 7) is 0.928. The molecule has 0 amide bonds. The molecule has 0 saturated heterocycles. The Morgan fingerprint density at radius 1 is 1.20 bits per heavy atom. The van der Waals surface area contributed by atoms with Gasteiger partial charge in [-0.3, -0.25) is 0 Å². The number of thiazole rings is 1. The zero-order chi connectivity index (χ0) is 13.9. The second-order valence-corrected chi connectivity index (χ2v) is 6.06. The molecule has 0 unspecified atom stereocenters. The Morgan fingerprint density at radius 2 is 2.05 bits per heavy atom. The average molecular weight is 349 g/mol. The summed E-state index contributed by atoms with van der Waals surface area (Å²) < 4.78 is 6.82. The first-order valence-electron chi connectivity index (χ1n) is 6.21. The van der Waals surface area contributed by atoms with Crippen LogP contribution in [0.1, 0.15) is 10.7 Å². The first-order chi connectivity index (χ1) is 9.78. The van der Waals surface area contributed by atoms with Crippen molar-refractivity contribution in [2.75, 3.05) is 0 Å². The van der Waals surface area contributed by atoms with Gasteiger partial charge in [-0.2, -0.15) is 0 Å². The van der Waals surface area contributed by atoms with Gasteiger partial charge in [-0.15, -0.1) is 11.3 Å². The largest absolute Gasteiger partial charge is 0.486 e. The lowest BCUT2D eigenvalue weighted by atomic mass is 10.1. The van der Waals surface area contributed by atoms with Gasteiger partial charge in [-0.1, -0.05) is 30.3 Å². The van der Waals surface area contributed by atoms with E-state index in [2.05, 4.69) is 39.1 Å². The molecule has 3 nitrogen and oxygen atoms in total. The molecule has 0 aliphatic carbocycles. The Bertz CT molecular complexity index is 742. The van der Waals surface area contributed by atoms with Crippen molar-refractivity contribution in [2.45, 2.75) is 13.2 Å². The van der Waals surface area contributed by atoms with Crippen molar-refractivity contribution >= 4 is 38.0 Å². The topological polar surface area (TPSA) is 48.1 Å². The average Bonchev–Trinajstić information content (AvgIpc) is 2.95. The maximum Gasteiger partial charge on any atom is 0.134 e. The third-order valence-electron chi connectivity index (χ3n) is 2.98. The highest BCUT2D eigenvalue weighted by Gasteiger charge is 2.07. The highest BCUT2D eigenvalue weighted by Crippen LogP contribution is 2.33. The predicted octanol–water partition coefficient (Wildman–Crippen LogP) is 4.10. The molecule has 0 saturated carbocycles. The first-order valence-corrected chi connectivity index (χ1v) is 7.88. The summed E-state index contributed by atoms with van der Waals surface area (Å²) in [6, 6.07) is 12.2. The lowest BCUT2D eigenvalue weighted by molar-refractivity contribution is 0.300. The van der Waals surface area contributed by atoms with E-state index in [1.165, 1.54) is 5.39 Å². The third kappa shape index (κ3) is 2.70. The molecule has 0 atom stereocenters. The van der Waals surface area contributed by atoms with Crippen molar-refractivity contribution in [3.8, 4) is 5.75 Å².